The Labute approximate surface area is 135 Å². The monoisotopic (exact) mass is 331 g/mol. The highest BCUT2D eigenvalue weighted by atomic mass is 35.5. The second kappa shape index (κ2) is 6.97. The number of hydrogen-bond acceptors (Lipinski definition) is 1. The summed E-state index contributed by atoms with van der Waals surface area (Å²) in [5, 5.41) is 3.30. The van der Waals surface area contributed by atoms with Crippen LogP contribution in [0.5, 0.6) is 0 Å². The molecule has 0 aliphatic heterocycles. The summed E-state index contributed by atoms with van der Waals surface area (Å²) in [5.74, 6) is 0.245. The number of hydrogen-bond donors (Lipinski definition) is 1. The molecular formula is C16H20Cl2FNO. The molecule has 0 aromatic heterocycles. The molecule has 5 heteroatoms. The fourth-order valence-electron chi connectivity index (χ4n) is 3.13. The molecule has 1 aliphatic rings. The first kappa shape index (κ1) is 16.6. The summed E-state index contributed by atoms with van der Waals surface area (Å²) in [6.07, 6.45) is 3.89. The van der Waals surface area contributed by atoms with Gasteiger partial charge in [-0.25, -0.2) is 4.39 Å². The molecule has 2 unspecified atom stereocenters. The summed E-state index contributed by atoms with van der Waals surface area (Å²) in [4.78, 5) is 12.3. The molecule has 1 fully saturated rings. The van der Waals surface area contributed by atoms with Crippen molar-refractivity contribution >= 4 is 29.1 Å². The number of carbonyl (C=O) groups excluding carboxylic acids is 1. The van der Waals surface area contributed by atoms with E-state index >= 15 is 0 Å². The van der Waals surface area contributed by atoms with E-state index in [0.29, 0.717) is 11.8 Å². The van der Waals surface area contributed by atoms with E-state index in [1.807, 2.05) is 0 Å². The molecule has 0 heterocycles. The molecule has 1 aliphatic carbocycles. The van der Waals surface area contributed by atoms with Gasteiger partial charge in [-0.2, -0.15) is 0 Å². The molecule has 1 saturated carbocycles. The molecule has 1 aromatic rings. The lowest BCUT2D eigenvalue weighted by molar-refractivity contribution is -0.122. The highest BCUT2D eigenvalue weighted by Crippen LogP contribution is 2.33. The van der Waals surface area contributed by atoms with Crippen LogP contribution in [-0.4, -0.2) is 17.3 Å². The first-order valence-electron chi connectivity index (χ1n) is 7.25. The topological polar surface area (TPSA) is 29.1 Å². The van der Waals surface area contributed by atoms with Crippen LogP contribution in [0.4, 0.5) is 4.39 Å². The predicted octanol–water partition coefficient (Wildman–Crippen LogP) is 4.33. The van der Waals surface area contributed by atoms with Crippen LogP contribution in [0, 0.1) is 11.7 Å². The van der Waals surface area contributed by atoms with Gasteiger partial charge >= 0.3 is 0 Å². The number of halogens is 3. The maximum absolute atomic E-state index is 13.7. The fraction of sp³-hybridized carbons (Fsp3) is 0.562. The maximum Gasteiger partial charge on any atom is 0.225 e. The third kappa shape index (κ3) is 4.10. The van der Waals surface area contributed by atoms with Crippen molar-refractivity contribution in [1.82, 2.24) is 5.32 Å². The molecule has 116 valence electrons. The van der Waals surface area contributed by atoms with Gasteiger partial charge in [-0.3, -0.25) is 4.79 Å². The van der Waals surface area contributed by atoms with Crippen LogP contribution in [0.3, 0.4) is 0 Å². The third-order valence-electron chi connectivity index (χ3n) is 4.15. The zero-order chi connectivity index (χ0) is 15.5. The normalized spacial score (nSPS) is 25.6. The summed E-state index contributed by atoms with van der Waals surface area (Å²) in [6, 6.07) is 4.43. The molecule has 0 radical (unpaired) electrons. The molecule has 0 spiro atoms. The Morgan fingerprint density at radius 1 is 1.52 bits per heavy atom. The molecule has 2 nitrogen and oxygen atoms in total. The predicted molar refractivity (Wildman–Crippen MR) is 84.3 cm³/mol. The van der Waals surface area contributed by atoms with Crippen LogP contribution < -0.4 is 5.32 Å². The van der Waals surface area contributed by atoms with Crippen molar-refractivity contribution in [2.75, 3.05) is 5.88 Å². The van der Waals surface area contributed by atoms with Gasteiger partial charge < -0.3 is 5.32 Å². The smallest absolute Gasteiger partial charge is 0.225 e. The fourth-order valence-corrected chi connectivity index (χ4v) is 3.67. The van der Waals surface area contributed by atoms with Crippen molar-refractivity contribution in [2.45, 2.75) is 44.6 Å². The molecule has 0 saturated heterocycles. The van der Waals surface area contributed by atoms with Gasteiger partial charge in [-0.1, -0.05) is 37.4 Å². The Morgan fingerprint density at radius 2 is 2.29 bits per heavy atom. The molecule has 1 N–H and O–H groups in total. The van der Waals surface area contributed by atoms with Gasteiger partial charge in [-0.15, -0.1) is 11.6 Å². The largest absolute Gasteiger partial charge is 0.349 e. The quantitative estimate of drug-likeness (QED) is 0.817. The van der Waals surface area contributed by atoms with Gasteiger partial charge in [0.1, 0.15) is 5.82 Å². The Kier molecular flexibility index (Phi) is 5.50. The highest BCUT2D eigenvalue weighted by Gasteiger charge is 2.35. The average Bonchev–Trinajstić information content (AvgIpc) is 2.43. The molecular weight excluding hydrogens is 312 g/mol. The molecule has 1 amide bonds. The minimum Gasteiger partial charge on any atom is -0.349 e. The average molecular weight is 332 g/mol. The maximum atomic E-state index is 13.7. The Morgan fingerprint density at radius 3 is 2.90 bits per heavy atom. The van der Waals surface area contributed by atoms with E-state index in [0.717, 1.165) is 25.7 Å². The molecule has 2 rings (SSSR count). The standard InChI is InChI=1S/C16H20Cl2FNO/c1-11-4-3-7-16(9-11,10-17)20-15(21)8-12-13(18)5-2-6-14(12)19/h2,5-6,11H,3-4,7-10H2,1H3,(H,20,21). The van der Waals surface area contributed by atoms with E-state index in [2.05, 4.69) is 12.2 Å². The highest BCUT2D eigenvalue weighted by molar-refractivity contribution is 6.31. The number of nitrogens with one attached hydrogen (secondary N) is 1. The SMILES string of the molecule is CC1CCCC(CCl)(NC(=O)Cc2c(F)cccc2Cl)C1. The number of amides is 1. The van der Waals surface area contributed by atoms with Crippen molar-refractivity contribution in [1.29, 1.82) is 0 Å². The van der Waals surface area contributed by atoms with Gasteiger partial charge in [0.15, 0.2) is 0 Å². The van der Waals surface area contributed by atoms with E-state index in [-0.39, 0.29) is 28.5 Å². The van der Waals surface area contributed by atoms with Crippen LogP contribution in [0.25, 0.3) is 0 Å². The molecule has 1 aromatic carbocycles. The van der Waals surface area contributed by atoms with Gasteiger partial charge in [0, 0.05) is 16.5 Å². The molecule has 21 heavy (non-hydrogen) atoms. The minimum atomic E-state index is -0.449. The van der Waals surface area contributed by atoms with Crippen molar-refractivity contribution in [3.05, 3.63) is 34.6 Å². The Hall–Kier alpha value is -0.800. The van der Waals surface area contributed by atoms with Crippen LogP contribution in [-0.2, 0) is 11.2 Å². The summed E-state index contributed by atoms with van der Waals surface area (Å²) < 4.78 is 13.7. The van der Waals surface area contributed by atoms with Crippen molar-refractivity contribution in [3.63, 3.8) is 0 Å². The van der Waals surface area contributed by atoms with Crippen molar-refractivity contribution < 1.29 is 9.18 Å². The Bertz CT molecular complexity index is 503. The van der Waals surface area contributed by atoms with E-state index in [1.165, 1.54) is 12.1 Å². The van der Waals surface area contributed by atoms with Crippen LogP contribution in [0.1, 0.15) is 38.2 Å². The minimum absolute atomic E-state index is 0.0570. The zero-order valence-electron chi connectivity index (χ0n) is 12.1. The van der Waals surface area contributed by atoms with Gasteiger partial charge in [0.25, 0.3) is 0 Å². The molecule has 0 bridgehead atoms. The summed E-state index contributed by atoms with van der Waals surface area (Å²) in [5.41, 5.74) is -0.126. The van der Waals surface area contributed by atoms with E-state index < -0.39 is 5.82 Å². The van der Waals surface area contributed by atoms with Gasteiger partial charge in [0.2, 0.25) is 5.91 Å². The van der Waals surface area contributed by atoms with Crippen molar-refractivity contribution in [3.8, 4) is 0 Å². The molecule has 2 atom stereocenters. The van der Waals surface area contributed by atoms with Gasteiger partial charge in [0.05, 0.1) is 12.0 Å². The van der Waals surface area contributed by atoms with Crippen LogP contribution in [0.15, 0.2) is 18.2 Å². The van der Waals surface area contributed by atoms with E-state index in [4.69, 9.17) is 23.2 Å². The zero-order valence-corrected chi connectivity index (χ0v) is 13.6. The Balaban J connectivity index is 2.07. The summed E-state index contributed by atoms with van der Waals surface area (Å²) in [7, 11) is 0. The second-order valence-electron chi connectivity index (χ2n) is 6.04. The lowest BCUT2D eigenvalue weighted by atomic mass is 9.77. The summed E-state index contributed by atoms with van der Waals surface area (Å²) >= 11 is 12.1. The lowest BCUT2D eigenvalue weighted by Gasteiger charge is -2.39. The number of carbonyl (C=O) groups is 1. The first-order chi connectivity index (χ1) is 9.96. The van der Waals surface area contributed by atoms with Gasteiger partial charge in [-0.05, 0) is 30.9 Å². The third-order valence-corrected chi connectivity index (χ3v) is 5.02. The van der Waals surface area contributed by atoms with Crippen LogP contribution >= 0.6 is 23.2 Å². The van der Waals surface area contributed by atoms with Crippen LogP contribution in [0.2, 0.25) is 5.02 Å². The summed E-state index contributed by atoms with van der Waals surface area (Å²) in [6.45, 7) is 2.17. The lowest BCUT2D eigenvalue weighted by Crippen LogP contribution is -2.53. The number of rotatable bonds is 4. The number of benzene rings is 1. The number of alkyl halides is 1. The van der Waals surface area contributed by atoms with Crippen molar-refractivity contribution in [2.24, 2.45) is 5.92 Å². The van der Waals surface area contributed by atoms with E-state index in [1.54, 1.807) is 6.07 Å². The van der Waals surface area contributed by atoms with E-state index in [9.17, 15) is 9.18 Å². The first-order valence-corrected chi connectivity index (χ1v) is 8.17. The second-order valence-corrected chi connectivity index (χ2v) is 6.72.